The molecule has 0 bridgehead atoms. The van der Waals surface area contributed by atoms with E-state index in [9.17, 15) is 14.4 Å². The molecule has 0 saturated carbocycles. The van der Waals surface area contributed by atoms with Crippen LogP contribution >= 0.6 is 23.4 Å². The SMILES string of the molecule is Cc1cc(C)cc(NC(=O)CSc2cccc(NC(=O)/C(=C/c3cccc(Cl)c3)NC(=O)c3ccccc3)c2)c1. The third kappa shape index (κ3) is 8.59. The summed E-state index contributed by atoms with van der Waals surface area (Å²) in [6.07, 6.45) is 1.57. The molecule has 40 heavy (non-hydrogen) atoms. The van der Waals surface area contributed by atoms with Crippen molar-refractivity contribution in [2.45, 2.75) is 18.7 Å². The molecule has 0 aromatic heterocycles. The molecule has 6 nitrogen and oxygen atoms in total. The lowest BCUT2D eigenvalue weighted by atomic mass is 10.1. The van der Waals surface area contributed by atoms with Crippen molar-refractivity contribution in [2.75, 3.05) is 16.4 Å². The van der Waals surface area contributed by atoms with Gasteiger partial charge < -0.3 is 16.0 Å². The van der Waals surface area contributed by atoms with Crippen LogP contribution in [0.5, 0.6) is 0 Å². The quantitative estimate of drug-likeness (QED) is 0.148. The lowest BCUT2D eigenvalue weighted by molar-refractivity contribution is -0.114. The second-order valence-electron chi connectivity index (χ2n) is 9.13. The standard InChI is InChI=1S/C32H28ClN3O3S/c1-21-14-22(2)16-27(15-21)34-30(37)20-40-28-13-7-12-26(19-28)35-32(39)29(18-23-8-6-11-25(33)17-23)36-31(38)24-9-4-3-5-10-24/h3-19H,20H2,1-2H3,(H,34,37)(H,35,39)(H,36,38)/b29-18-. The molecule has 0 heterocycles. The predicted molar refractivity (Wildman–Crippen MR) is 164 cm³/mol. The fourth-order valence-electron chi connectivity index (χ4n) is 3.96. The Labute approximate surface area is 242 Å². The zero-order valence-electron chi connectivity index (χ0n) is 22.0. The molecule has 0 atom stereocenters. The van der Waals surface area contributed by atoms with Crippen molar-refractivity contribution >= 4 is 58.5 Å². The fraction of sp³-hybridized carbons (Fsp3) is 0.0938. The van der Waals surface area contributed by atoms with Crippen LogP contribution in [-0.2, 0) is 9.59 Å². The van der Waals surface area contributed by atoms with Gasteiger partial charge in [0.15, 0.2) is 0 Å². The molecule has 0 radical (unpaired) electrons. The van der Waals surface area contributed by atoms with Gasteiger partial charge in [-0.05, 0) is 91.2 Å². The molecule has 0 aliphatic carbocycles. The number of carbonyl (C=O) groups excluding carboxylic acids is 3. The minimum Gasteiger partial charge on any atom is -0.325 e. The first-order valence-corrected chi connectivity index (χ1v) is 13.9. The van der Waals surface area contributed by atoms with Crippen molar-refractivity contribution in [3.05, 3.63) is 130 Å². The van der Waals surface area contributed by atoms with Gasteiger partial charge in [0.25, 0.3) is 11.8 Å². The van der Waals surface area contributed by atoms with Crippen molar-refractivity contribution in [3.8, 4) is 0 Å². The van der Waals surface area contributed by atoms with Crippen LogP contribution in [0.1, 0.15) is 27.0 Å². The number of nitrogens with one attached hydrogen (secondary N) is 3. The Morgan fingerprint density at radius 3 is 2.23 bits per heavy atom. The maximum absolute atomic E-state index is 13.3. The van der Waals surface area contributed by atoms with Gasteiger partial charge in [-0.25, -0.2) is 0 Å². The third-order valence-electron chi connectivity index (χ3n) is 5.66. The van der Waals surface area contributed by atoms with Crippen LogP contribution in [0.3, 0.4) is 0 Å². The molecule has 0 saturated heterocycles. The van der Waals surface area contributed by atoms with E-state index in [-0.39, 0.29) is 17.4 Å². The van der Waals surface area contributed by atoms with E-state index in [4.69, 9.17) is 11.6 Å². The van der Waals surface area contributed by atoms with E-state index < -0.39 is 11.8 Å². The topological polar surface area (TPSA) is 87.3 Å². The van der Waals surface area contributed by atoms with Crippen molar-refractivity contribution in [1.82, 2.24) is 5.32 Å². The summed E-state index contributed by atoms with van der Waals surface area (Å²) in [6.45, 7) is 3.97. The first-order chi connectivity index (χ1) is 19.2. The normalized spacial score (nSPS) is 11.0. The number of rotatable bonds is 9. The van der Waals surface area contributed by atoms with Crippen LogP contribution in [0.4, 0.5) is 11.4 Å². The zero-order chi connectivity index (χ0) is 28.5. The Morgan fingerprint density at radius 2 is 1.50 bits per heavy atom. The van der Waals surface area contributed by atoms with Gasteiger partial charge in [0.2, 0.25) is 5.91 Å². The Bertz CT molecular complexity index is 1550. The van der Waals surface area contributed by atoms with E-state index >= 15 is 0 Å². The lowest BCUT2D eigenvalue weighted by Gasteiger charge is -2.12. The molecule has 3 amide bonds. The number of benzene rings is 4. The Kier molecular flexibility index (Phi) is 9.78. The minimum atomic E-state index is -0.501. The summed E-state index contributed by atoms with van der Waals surface area (Å²) in [6, 6.07) is 28.7. The summed E-state index contributed by atoms with van der Waals surface area (Å²) in [7, 11) is 0. The fourth-order valence-corrected chi connectivity index (χ4v) is 4.91. The summed E-state index contributed by atoms with van der Waals surface area (Å²) in [5.41, 5.74) is 4.58. The molecular formula is C32H28ClN3O3S. The molecule has 3 N–H and O–H groups in total. The zero-order valence-corrected chi connectivity index (χ0v) is 23.6. The van der Waals surface area contributed by atoms with Gasteiger partial charge in [-0.15, -0.1) is 11.8 Å². The van der Waals surface area contributed by atoms with Gasteiger partial charge in [0.05, 0.1) is 5.75 Å². The number of hydrogen-bond donors (Lipinski definition) is 3. The van der Waals surface area contributed by atoms with Gasteiger partial charge >= 0.3 is 0 Å². The Morgan fingerprint density at radius 1 is 0.775 bits per heavy atom. The number of halogens is 1. The highest BCUT2D eigenvalue weighted by molar-refractivity contribution is 8.00. The van der Waals surface area contributed by atoms with Crippen LogP contribution in [0.2, 0.25) is 5.02 Å². The van der Waals surface area contributed by atoms with Crippen LogP contribution in [-0.4, -0.2) is 23.5 Å². The second kappa shape index (κ2) is 13.6. The number of carbonyl (C=O) groups is 3. The average Bonchev–Trinajstić information content (AvgIpc) is 2.91. The number of amides is 3. The smallest absolute Gasteiger partial charge is 0.272 e. The lowest BCUT2D eigenvalue weighted by Crippen LogP contribution is -2.30. The van der Waals surface area contributed by atoms with Gasteiger partial charge in [-0.3, -0.25) is 14.4 Å². The number of aryl methyl sites for hydroxylation is 2. The first-order valence-electron chi connectivity index (χ1n) is 12.5. The van der Waals surface area contributed by atoms with Crippen molar-refractivity contribution in [1.29, 1.82) is 0 Å². The molecular weight excluding hydrogens is 542 g/mol. The van der Waals surface area contributed by atoms with E-state index in [2.05, 4.69) is 16.0 Å². The maximum atomic E-state index is 13.3. The van der Waals surface area contributed by atoms with Gasteiger partial charge in [-0.2, -0.15) is 0 Å². The average molecular weight is 570 g/mol. The highest BCUT2D eigenvalue weighted by atomic mass is 35.5. The monoisotopic (exact) mass is 569 g/mol. The molecule has 8 heteroatoms. The molecule has 0 unspecified atom stereocenters. The van der Waals surface area contributed by atoms with E-state index in [1.807, 2.05) is 44.2 Å². The van der Waals surface area contributed by atoms with E-state index in [0.29, 0.717) is 21.8 Å². The third-order valence-corrected chi connectivity index (χ3v) is 6.88. The van der Waals surface area contributed by atoms with E-state index in [0.717, 1.165) is 21.7 Å². The summed E-state index contributed by atoms with van der Waals surface area (Å²) in [5.74, 6) is -0.834. The Balaban J connectivity index is 1.45. The molecule has 4 rings (SSSR count). The number of thioether (sulfide) groups is 1. The van der Waals surface area contributed by atoms with Crippen LogP contribution in [0.15, 0.2) is 108 Å². The molecule has 4 aromatic carbocycles. The van der Waals surface area contributed by atoms with Crippen molar-refractivity contribution in [3.63, 3.8) is 0 Å². The molecule has 0 aliphatic heterocycles. The Hall–Kier alpha value is -4.33. The van der Waals surface area contributed by atoms with Gasteiger partial charge in [0.1, 0.15) is 5.70 Å². The summed E-state index contributed by atoms with van der Waals surface area (Å²) in [4.78, 5) is 39.5. The minimum absolute atomic E-state index is 0.0574. The van der Waals surface area contributed by atoms with Gasteiger partial charge in [0, 0.05) is 26.9 Å². The van der Waals surface area contributed by atoms with Crippen molar-refractivity contribution in [2.24, 2.45) is 0 Å². The maximum Gasteiger partial charge on any atom is 0.272 e. The largest absolute Gasteiger partial charge is 0.325 e. The summed E-state index contributed by atoms with van der Waals surface area (Å²) >= 11 is 7.48. The highest BCUT2D eigenvalue weighted by Crippen LogP contribution is 2.23. The molecule has 0 aliphatic rings. The first kappa shape index (κ1) is 28.7. The summed E-state index contributed by atoms with van der Waals surface area (Å²) in [5, 5.41) is 9.00. The number of hydrogen-bond acceptors (Lipinski definition) is 4. The van der Waals surface area contributed by atoms with E-state index in [1.165, 1.54) is 11.8 Å². The molecule has 4 aromatic rings. The van der Waals surface area contributed by atoms with Crippen LogP contribution in [0.25, 0.3) is 6.08 Å². The van der Waals surface area contributed by atoms with E-state index in [1.54, 1.807) is 72.8 Å². The molecule has 0 spiro atoms. The molecule has 202 valence electrons. The highest BCUT2D eigenvalue weighted by Gasteiger charge is 2.15. The van der Waals surface area contributed by atoms with Crippen LogP contribution < -0.4 is 16.0 Å². The second-order valence-corrected chi connectivity index (χ2v) is 10.6. The van der Waals surface area contributed by atoms with Crippen molar-refractivity contribution < 1.29 is 14.4 Å². The van der Waals surface area contributed by atoms with Crippen LogP contribution in [0, 0.1) is 13.8 Å². The molecule has 0 fully saturated rings. The number of anilines is 2. The summed E-state index contributed by atoms with van der Waals surface area (Å²) < 4.78 is 0. The predicted octanol–water partition coefficient (Wildman–Crippen LogP) is 7.10. The van der Waals surface area contributed by atoms with Gasteiger partial charge in [-0.1, -0.05) is 54.1 Å².